The Morgan fingerprint density at radius 2 is 1.89 bits per heavy atom. The SMILES string of the molecule is COCC(=O)Nc1cnn(-c2ccc(C(=O)NCc3ccccc3Cl)cc2)c1. The lowest BCUT2D eigenvalue weighted by Crippen LogP contribution is -2.22. The Labute approximate surface area is 167 Å². The van der Waals surface area contributed by atoms with E-state index in [4.69, 9.17) is 16.3 Å². The summed E-state index contributed by atoms with van der Waals surface area (Å²) in [6.07, 6.45) is 3.22. The molecule has 0 spiro atoms. The van der Waals surface area contributed by atoms with Crippen molar-refractivity contribution >= 4 is 29.1 Å². The van der Waals surface area contributed by atoms with E-state index in [-0.39, 0.29) is 18.4 Å². The normalized spacial score (nSPS) is 10.5. The molecule has 0 bridgehead atoms. The zero-order chi connectivity index (χ0) is 19.9. The van der Waals surface area contributed by atoms with Gasteiger partial charge in [-0.1, -0.05) is 29.8 Å². The second kappa shape index (κ2) is 9.16. The van der Waals surface area contributed by atoms with Gasteiger partial charge in [0.2, 0.25) is 5.91 Å². The fraction of sp³-hybridized carbons (Fsp3) is 0.150. The van der Waals surface area contributed by atoms with Gasteiger partial charge in [-0.2, -0.15) is 5.10 Å². The van der Waals surface area contributed by atoms with E-state index >= 15 is 0 Å². The number of ether oxygens (including phenoxy) is 1. The summed E-state index contributed by atoms with van der Waals surface area (Å²) in [7, 11) is 1.45. The van der Waals surface area contributed by atoms with Crippen molar-refractivity contribution < 1.29 is 14.3 Å². The lowest BCUT2D eigenvalue weighted by Gasteiger charge is -2.08. The van der Waals surface area contributed by atoms with E-state index in [0.29, 0.717) is 22.8 Å². The van der Waals surface area contributed by atoms with Crippen LogP contribution in [0, 0.1) is 0 Å². The van der Waals surface area contributed by atoms with Crippen LogP contribution in [0.1, 0.15) is 15.9 Å². The Kier molecular flexibility index (Phi) is 6.41. The second-order valence-electron chi connectivity index (χ2n) is 5.98. The number of benzene rings is 2. The summed E-state index contributed by atoms with van der Waals surface area (Å²) in [6, 6.07) is 14.3. The lowest BCUT2D eigenvalue weighted by molar-refractivity contribution is -0.119. The van der Waals surface area contributed by atoms with Crippen molar-refractivity contribution in [3.63, 3.8) is 0 Å². The Bertz CT molecular complexity index is 970. The molecule has 1 heterocycles. The number of carbonyl (C=O) groups excluding carboxylic acids is 2. The van der Waals surface area contributed by atoms with Crippen molar-refractivity contribution in [3.8, 4) is 5.69 Å². The van der Waals surface area contributed by atoms with E-state index in [1.165, 1.54) is 13.3 Å². The summed E-state index contributed by atoms with van der Waals surface area (Å²) in [6.45, 7) is 0.327. The fourth-order valence-electron chi connectivity index (χ4n) is 2.54. The number of nitrogens with zero attached hydrogens (tertiary/aromatic N) is 2. The zero-order valence-corrected chi connectivity index (χ0v) is 15.9. The highest BCUT2D eigenvalue weighted by atomic mass is 35.5. The van der Waals surface area contributed by atoms with Crippen LogP contribution in [0.3, 0.4) is 0 Å². The van der Waals surface area contributed by atoms with E-state index in [9.17, 15) is 9.59 Å². The predicted molar refractivity (Wildman–Crippen MR) is 107 cm³/mol. The van der Waals surface area contributed by atoms with Gasteiger partial charge < -0.3 is 15.4 Å². The van der Waals surface area contributed by atoms with Gasteiger partial charge in [0.15, 0.2) is 0 Å². The molecule has 2 amide bonds. The molecule has 0 fully saturated rings. The van der Waals surface area contributed by atoms with Crippen LogP contribution >= 0.6 is 11.6 Å². The van der Waals surface area contributed by atoms with Gasteiger partial charge in [0.1, 0.15) is 6.61 Å². The summed E-state index contributed by atoms with van der Waals surface area (Å²) in [5.74, 6) is -0.452. The number of hydrogen-bond donors (Lipinski definition) is 2. The third-order valence-corrected chi connectivity index (χ3v) is 4.30. The first kappa shape index (κ1) is 19.6. The number of hydrogen-bond acceptors (Lipinski definition) is 4. The molecule has 0 saturated heterocycles. The standard InChI is InChI=1S/C20H19ClN4O3/c1-28-13-19(26)24-16-11-23-25(12-16)17-8-6-14(7-9-17)20(27)22-10-15-4-2-3-5-18(15)21/h2-9,11-12H,10,13H2,1H3,(H,22,27)(H,24,26). The second-order valence-corrected chi connectivity index (χ2v) is 6.38. The molecule has 0 unspecified atom stereocenters. The number of anilines is 1. The van der Waals surface area contributed by atoms with Gasteiger partial charge in [0, 0.05) is 24.2 Å². The first-order chi connectivity index (χ1) is 13.6. The molecule has 1 aromatic heterocycles. The highest BCUT2D eigenvalue weighted by Gasteiger charge is 2.09. The van der Waals surface area contributed by atoms with Crippen molar-refractivity contribution in [2.75, 3.05) is 19.0 Å². The molecule has 0 atom stereocenters. The van der Waals surface area contributed by atoms with Crippen LogP contribution in [-0.4, -0.2) is 35.3 Å². The molecule has 2 aromatic carbocycles. The topological polar surface area (TPSA) is 85.2 Å². The number of aromatic nitrogens is 2. The average Bonchev–Trinajstić information content (AvgIpc) is 3.16. The van der Waals surface area contributed by atoms with E-state index in [2.05, 4.69) is 15.7 Å². The predicted octanol–water partition coefficient (Wildman–Crippen LogP) is 3.04. The third kappa shape index (κ3) is 4.97. The maximum Gasteiger partial charge on any atom is 0.251 e. The third-order valence-electron chi connectivity index (χ3n) is 3.93. The van der Waals surface area contributed by atoms with E-state index < -0.39 is 0 Å². The van der Waals surface area contributed by atoms with Crippen molar-refractivity contribution in [1.29, 1.82) is 0 Å². The van der Waals surface area contributed by atoms with Gasteiger partial charge in [-0.25, -0.2) is 4.68 Å². The quantitative estimate of drug-likeness (QED) is 0.640. The molecule has 3 aromatic rings. The molecule has 3 rings (SSSR count). The monoisotopic (exact) mass is 398 g/mol. The molecule has 28 heavy (non-hydrogen) atoms. The molecular weight excluding hydrogens is 380 g/mol. The Hall–Kier alpha value is -3.16. The molecule has 0 aliphatic rings. The molecule has 0 aliphatic carbocycles. The summed E-state index contributed by atoms with van der Waals surface area (Å²) in [5, 5.41) is 10.3. The highest BCUT2D eigenvalue weighted by Crippen LogP contribution is 2.15. The zero-order valence-electron chi connectivity index (χ0n) is 15.2. The maximum atomic E-state index is 12.3. The van der Waals surface area contributed by atoms with Crippen molar-refractivity contribution in [1.82, 2.24) is 15.1 Å². The number of methoxy groups -OCH3 is 1. The van der Waals surface area contributed by atoms with E-state index in [0.717, 1.165) is 11.3 Å². The minimum Gasteiger partial charge on any atom is -0.375 e. The van der Waals surface area contributed by atoms with Crippen molar-refractivity contribution in [2.24, 2.45) is 0 Å². The fourth-order valence-corrected chi connectivity index (χ4v) is 2.74. The van der Waals surface area contributed by atoms with Gasteiger partial charge in [-0.15, -0.1) is 0 Å². The van der Waals surface area contributed by atoms with Crippen LogP contribution < -0.4 is 10.6 Å². The van der Waals surface area contributed by atoms with Crippen LogP contribution in [-0.2, 0) is 16.1 Å². The minimum atomic E-state index is -0.257. The summed E-state index contributed by atoms with van der Waals surface area (Å²) in [5.41, 5.74) is 2.70. The van der Waals surface area contributed by atoms with Crippen LogP contribution in [0.25, 0.3) is 5.69 Å². The van der Waals surface area contributed by atoms with Crippen LogP contribution in [0.4, 0.5) is 5.69 Å². The minimum absolute atomic E-state index is 0.0246. The molecular formula is C20H19ClN4O3. The molecule has 2 N–H and O–H groups in total. The van der Waals surface area contributed by atoms with Crippen LogP contribution in [0.2, 0.25) is 5.02 Å². The maximum absolute atomic E-state index is 12.3. The first-order valence-electron chi connectivity index (χ1n) is 8.52. The van der Waals surface area contributed by atoms with Crippen LogP contribution in [0.15, 0.2) is 60.9 Å². The largest absolute Gasteiger partial charge is 0.375 e. The Morgan fingerprint density at radius 1 is 1.14 bits per heavy atom. The van der Waals surface area contributed by atoms with Gasteiger partial charge >= 0.3 is 0 Å². The van der Waals surface area contributed by atoms with Gasteiger partial charge in [-0.05, 0) is 35.9 Å². The highest BCUT2D eigenvalue weighted by molar-refractivity contribution is 6.31. The Morgan fingerprint density at radius 3 is 2.61 bits per heavy atom. The molecule has 144 valence electrons. The van der Waals surface area contributed by atoms with Gasteiger partial charge in [0.25, 0.3) is 5.91 Å². The molecule has 7 nitrogen and oxygen atoms in total. The number of rotatable bonds is 7. The number of halogens is 1. The van der Waals surface area contributed by atoms with Crippen molar-refractivity contribution in [3.05, 3.63) is 77.1 Å². The molecule has 0 saturated carbocycles. The molecule has 0 aliphatic heterocycles. The summed E-state index contributed by atoms with van der Waals surface area (Å²) in [4.78, 5) is 23.9. The first-order valence-corrected chi connectivity index (χ1v) is 8.90. The number of nitrogens with one attached hydrogen (secondary N) is 2. The van der Waals surface area contributed by atoms with E-state index in [1.807, 2.05) is 18.2 Å². The van der Waals surface area contributed by atoms with E-state index in [1.54, 1.807) is 41.2 Å². The molecule has 0 radical (unpaired) electrons. The van der Waals surface area contributed by atoms with Gasteiger partial charge in [-0.3, -0.25) is 9.59 Å². The number of amides is 2. The van der Waals surface area contributed by atoms with Crippen molar-refractivity contribution in [2.45, 2.75) is 6.54 Å². The average molecular weight is 399 g/mol. The Balaban J connectivity index is 1.61. The number of carbonyl (C=O) groups is 2. The smallest absolute Gasteiger partial charge is 0.251 e. The lowest BCUT2D eigenvalue weighted by atomic mass is 10.1. The summed E-state index contributed by atoms with van der Waals surface area (Å²) >= 11 is 6.10. The van der Waals surface area contributed by atoms with Crippen LogP contribution in [0.5, 0.6) is 0 Å². The molecule has 8 heteroatoms. The van der Waals surface area contributed by atoms with Gasteiger partial charge in [0.05, 0.1) is 23.8 Å². The summed E-state index contributed by atoms with van der Waals surface area (Å²) < 4.78 is 6.38.